The standard InChI is InChI=1S/C18H27N3O2/c1-4-16-19-10-7-15(20-16)12-21-11-5-8-18(13-21,17(22)23)9-6-14(2)3/h6-7,10H,4-5,8-9,11-13H2,1-3H3,(H,22,23). The van der Waals surface area contributed by atoms with E-state index in [-0.39, 0.29) is 0 Å². The topological polar surface area (TPSA) is 66.3 Å². The van der Waals surface area contributed by atoms with Gasteiger partial charge in [-0.1, -0.05) is 18.6 Å². The van der Waals surface area contributed by atoms with Crippen molar-refractivity contribution in [3.05, 3.63) is 35.4 Å². The van der Waals surface area contributed by atoms with E-state index in [0.29, 0.717) is 19.5 Å². The second-order valence-corrected chi connectivity index (χ2v) is 6.70. The molecule has 1 N–H and O–H groups in total. The Balaban J connectivity index is 2.11. The molecule has 1 atom stereocenters. The van der Waals surface area contributed by atoms with Crippen LogP contribution in [0.25, 0.3) is 0 Å². The van der Waals surface area contributed by atoms with Gasteiger partial charge in [0.15, 0.2) is 0 Å². The molecule has 0 aliphatic carbocycles. The number of hydrogen-bond donors (Lipinski definition) is 1. The molecule has 0 amide bonds. The van der Waals surface area contributed by atoms with Crippen LogP contribution in [-0.2, 0) is 17.8 Å². The molecule has 1 aromatic heterocycles. The molecule has 23 heavy (non-hydrogen) atoms. The van der Waals surface area contributed by atoms with Crippen LogP contribution in [0.3, 0.4) is 0 Å². The molecule has 1 aliphatic heterocycles. The molecule has 1 saturated heterocycles. The molecule has 0 saturated carbocycles. The van der Waals surface area contributed by atoms with Gasteiger partial charge in [0.25, 0.3) is 0 Å². The first kappa shape index (κ1) is 17.6. The number of nitrogens with zero attached hydrogens (tertiary/aromatic N) is 3. The van der Waals surface area contributed by atoms with Crippen LogP contribution < -0.4 is 0 Å². The summed E-state index contributed by atoms with van der Waals surface area (Å²) >= 11 is 0. The van der Waals surface area contributed by atoms with Gasteiger partial charge in [0.05, 0.1) is 11.1 Å². The van der Waals surface area contributed by atoms with Gasteiger partial charge in [0, 0.05) is 25.7 Å². The zero-order valence-electron chi connectivity index (χ0n) is 14.4. The second-order valence-electron chi connectivity index (χ2n) is 6.70. The summed E-state index contributed by atoms with van der Waals surface area (Å²) in [5, 5.41) is 9.79. The SMILES string of the molecule is CCc1nccc(CN2CCCC(CC=C(C)C)(C(=O)O)C2)n1. The van der Waals surface area contributed by atoms with Crippen molar-refractivity contribution in [2.45, 2.75) is 53.0 Å². The van der Waals surface area contributed by atoms with E-state index < -0.39 is 11.4 Å². The maximum atomic E-state index is 11.9. The van der Waals surface area contributed by atoms with Gasteiger partial charge in [-0.25, -0.2) is 9.97 Å². The number of hydrogen-bond acceptors (Lipinski definition) is 4. The molecule has 1 fully saturated rings. The van der Waals surface area contributed by atoms with Crippen molar-refractivity contribution >= 4 is 5.97 Å². The summed E-state index contributed by atoms with van der Waals surface area (Å²) in [5.41, 5.74) is 1.47. The second kappa shape index (κ2) is 7.68. The van der Waals surface area contributed by atoms with Crippen LogP contribution in [0.15, 0.2) is 23.9 Å². The van der Waals surface area contributed by atoms with E-state index in [0.717, 1.165) is 37.3 Å². The molecule has 1 unspecified atom stereocenters. The van der Waals surface area contributed by atoms with E-state index in [1.165, 1.54) is 5.57 Å². The minimum atomic E-state index is -0.684. The number of aliphatic carboxylic acids is 1. The Morgan fingerprint density at radius 2 is 2.26 bits per heavy atom. The van der Waals surface area contributed by atoms with E-state index in [9.17, 15) is 9.90 Å². The zero-order valence-corrected chi connectivity index (χ0v) is 14.4. The Labute approximate surface area is 138 Å². The average Bonchev–Trinajstić information content (AvgIpc) is 2.53. The Bertz CT molecular complexity index is 581. The molecule has 0 spiro atoms. The molecule has 1 aliphatic rings. The van der Waals surface area contributed by atoms with Gasteiger partial charge in [0.1, 0.15) is 5.82 Å². The number of aryl methyl sites for hydroxylation is 1. The number of piperidine rings is 1. The number of rotatable bonds is 6. The highest BCUT2D eigenvalue weighted by atomic mass is 16.4. The summed E-state index contributed by atoms with van der Waals surface area (Å²) in [6, 6.07) is 1.92. The lowest BCUT2D eigenvalue weighted by atomic mass is 9.76. The zero-order chi connectivity index (χ0) is 16.9. The van der Waals surface area contributed by atoms with Gasteiger partial charge in [-0.15, -0.1) is 0 Å². The lowest BCUT2D eigenvalue weighted by Gasteiger charge is -2.39. The summed E-state index contributed by atoms with van der Waals surface area (Å²) in [7, 11) is 0. The van der Waals surface area contributed by atoms with Crippen molar-refractivity contribution in [3.63, 3.8) is 0 Å². The first-order valence-electron chi connectivity index (χ1n) is 8.35. The third-order valence-electron chi connectivity index (χ3n) is 4.48. The van der Waals surface area contributed by atoms with Crippen LogP contribution in [0.1, 0.15) is 51.6 Å². The largest absolute Gasteiger partial charge is 0.481 e. The first-order chi connectivity index (χ1) is 10.9. The number of carbonyl (C=O) groups is 1. The molecule has 0 radical (unpaired) electrons. The van der Waals surface area contributed by atoms with Gasteiger partial charge in [0.2, 0.25) is 0 Å². The minimum Gasteiger partial charge on any atom is -0.481 e. The monoisotopic (exact) mass is 317 g/mol. The highest BCUT2D eigenvalue weighted by Gasteiger charge is 2.41. The molecule has 126 valence electrons. The van der Waals surface area contributed by atoms with Crippen molar-refractivity contribution in [2.24, 2.45) is 5.41 Å². The van der Waals surface area contributed by atoms with Crippen LogP contribution >= 0.6 is 0 Å². The molecule has 2 heterocycles. The van der Waals surface area contributed by atoms with Gasteiger partial charge in [-0.3, -0.25) is 9.69 Å². The van der Waals surface area contributed by atoms with Crippen LogP contribution in [0.4, 0.5) is 0 Å². The third kappa shape index (κ3) is 4.61. The highest BCUT2D eigenvalue weighted by Crippen LogP contribution is 2.35. The highest BCUT2D eigenvalue weighted by molar-refractivity contribution is 5.75. The van der Waals surface area contributed by atoms with Gasteiger partial charge >= 0.3 is 5.97 Å². The van der Waals surface area contributed by atoms with Gasteiger partial charge < -0.3 is 5.11 Å². The fraction of sp³-hybridized carbons (Fsp3) is 0.611. The predicted molar refractivity (Wildman–Crippen MR) is 90.0 cm³/mol. The summed E-state index contributed by atoms with van der Waals surface area (Å²) in [6.07, 6.45) is 6.91. The maximum Gasteiger partial charge on any atom is 0.311 e. The Morgan fingerprint density at radius 1 is 1.48 bits per heavy atom. The fourth-order valence-electron chi connectivity index (χ4n) is 3.12. The molecule has 0 bridgehead atoms. The quantitative estimate of drug-likeness (QED) is 0.817. The van der Waals surface area contributed by atoms with E-state index in [4.69, 9.17) is 0 Å². The Hall–Kier alpha value is -1.75. The molecular weight excluding hydrogens is 290 g/mol. The smallest absolute Gasteiger partial charge is 0.311 e. The first-order valence-corrected chi connectivity index (χ1v) is 8.35. The average molecular weight is 317 g/mol. The van der Waals surface area contributed by atoms with Crippen LogP contribution in [0.5, 0.6) is 0 Å². The maximum absolute atomic E-state index is 11.9. The summed E-state index contributed by atoms with van der Waals surface area (Å²) in [5.74, 6) is 0.158. The van der Waals surface area contributed by atoms with E-state index in [1.807, 2.05) is 26.8 Å². The number of carboxylic acid groups (broad SMARTS) is 1. The molecule has 0 aromatic carbocycles. The van der Waals surface area contributed by atoms with Crippen LogP contribution in [0.2, 0.25) is 0 Å². The number of likely N-dealkylation sites (tertiary alicyclic amines) is 1. The summed E-state index contributed by atoms with van der Waals surface area (Å²) < 4.78 is 0. The molecular formula is C18H27N3O2. The van der Waals surface area contributed by atoms with E-state index >= 15 is 0 Å². The lowest BCUT2D eigenvalue weighted by molar-refractivity contribution is -0.152. The van der Waals surface area contributed by atoms with E-state index in [2.05, 4.69) is 20.9 Å². The van der Waals surface area contributed by atoms with Crippen LogP contribution in [0, 0.1) is 5.41 Å². The molecule has 5 heteroatoms. The molecule has 5 nitrogen and oxygen atoms in total. The number of aromatic nitrogens is 2. The van der Waals surface area contributed by atoms with Crippen molar-refractivity contribution in [1.82, 2.24) is 14.9 Å². The molecule has 1 aromatic rings. The number of allylic oxidation sites excluding steroid dienone is 2. The van der Waals surface area contributed by atoms with Crippen LogP contribution in [-0.4, -0.2) is 39.0 Å². The van der Waals surface area contributed by atoms with Crippen molar-refractivity contribution in [3.8, 4) is 0 Å². The Kier molecular flexibility index (Phi) is 5.88. The summed E-state index contributed by atoms with van der Waals surface area (Å²) in [6.45, 7) is 8.27. The molecule has 2 rings (SSSR count). The third-order valence-corrected chi connectivity index (χ3v) is 4.48. The number of carboxylic acids is 1. The van der Waals surface area contributed by atoms with Crippen molar-refractivity contribution < 1.29 is 9.90 Å². The fourth-order valence-corrected chi connectivity index (χ4v) is 3.12. The van der Waals surface area contributed by atoms with Gasteiger partial charge in [-0.05, 0) is 45.7 Å². The minimum absolute atomic E-state index is 0.581. The van der Waals surface area contributed by atoms with E-state index in [1.54, 1.807) is 6.20 Å². The van der Waals surface area contributed by atoms with Crippen molar-refractivity contribution in [2.75, 3.05) is 13.1 Å². The van der Waals surface area contributed by atoms with Crippen molar-refractivity contribution in [1.29, 1.82) is 0 Å². The summed E-state index contributed by atoms with van der Waals surface area (Å²) in [4.78, 5) is 22.9. The lowest BCUT2D eigenvalue weighted by Crippen LogP contribution is -2.47. The normalized spacial score (nSPS) is 21.9. The predicted octanol–water partition coefficient (Wildman–Crippen LogP) is 3.06. The Morgan fingerprint density at radius 3 is 2.91 bits per heavy atom. The van der Waals surface area contributed by atoms with Gasteiger partial charge in [-0.2, -0.15) is 0 Å².